The topological polar surface area (TPSA) is 38.7 Å². The highest BCUT2D eigenvalue weighted by Crippen LogP contribution is 2.44. The smallest absolute Gasteiger partial charge is 0.160 e. The molecule has 266 valence electrons. The Bertz CT molecular complexity index is 3260. The SMILES string of the molecule is c1ccc(-c2cccc(-c3cc(-c4ccc(-c5ccc(-c6nc7c8ccccc8ccc7c7sc8ccccc8c67)cc5)cc4)nc(-c4ccccc4)n3)c2)cc1. The molecule has 0 spiro atoms. The van der Waals surface area contributed by atoms with Gasteiger partial charge in [-0.1, -0.05) is 182 Å². The lowest BCUT2D eigenvalue weighted by Crippen LogP contribution is -1.96. The van der Waals surface area contributed by atoms with E-state index in [4.69, 9.17) is 15.0 Å². The van der Waals surface area contributed by atoms with Crippen LogP contribution in [0.5, 0.6) is 0 Å². The van der Waals surface area contributed by atoms with Crippen LogP contribution in [0.1, 0.15) is 0 Å². The molecule has 0 bridgehead atoms. The lowest BCUT2D eigenvalue weighted by molar-refractivity contribution is 1.18. The lowest BCUT2D eigenvalue weighted by atomic mass is 9.97. The Labute approximate surface area is 334 Å². The number of fused-ring (bicyclic) bond motifs is 7. The van der Waals surface area contributed by atoms with Crippen molar-refractivity contribution in [2.45, 2.75) is 0 Å². The highest BCUT2D eigenvalue weighted by atomic mass is 32.1. The predicted octanol–water partition coefficient (Wildman–Crippen LogP) is 14.5. The van der Waals surface area contributed by atoms with Crippen LogP contribution in [-0.2, 0) is 0 Å². The Morgan fingerprint density at radius 2 is 0.895 bits per heavy atom. The molecule has 4 heteroatoms. The van der Waals surface area contributed by atoms with Crippen LogP contribution in [0.15, 0.2) is 200 Å². The van der Waals surface area contributed by atoms with Crippen molar-refractivity contribution in [3.05, 3.63) is 200 Å². The van der Waals surface area contributed by atoms with Crippen molar-refractivity contribution in [2.75, 3.05) is 0 Å². The van der Waals surface area contributed by atoms with Crippen molar-refractivity contribution >= 4 is 53.2 Å². The van der Waals surface area contributed by atoms with Crippen molar-refractivity contribution in [3.63, 3.8) is 0 Å². The first-order valence-electron chi connectivity index (χ1n) is 19.2. The van der Waals surface area contributed by atoms with Crippen LogP contribution >= 0.6 is 11.3 Å². The number of hydrogen-bond acceptors (Lipinski definition) is 4. The summed E-state index contributed by atoms with van der Waals surface area (Å²) in [5, 5.41) is 6.07. The Kier molecular flexibility index (Phi) is 8.01. The highest BCUT2D eigenvalue weighted by molar-refractivity contribution is 7.26. The van der Waals surface area contributed by atoms with Crippen LogP contribution in [0.2, 0.25) is 0 Å². The second-order valence-corrected chi connectivity index (χ2v) is 15.4. The molecule has 8 aromatic carbocycles. The van der Waals surface area contributed by atoms with Gasteiger partial charge in [0.2, 0.25) is 0 Å². The van der Waals surface area contributed by atoms with Crippen LogP contribution in [0.3, 0.4) is 0 Å². The monoisotopic (exact) mass is 743 g/mol. The van der Waals surface area contributed by atoms with Crippen molar-refractivity contribution in [1.82, 2.24) is 15.0 Å². The van der Waals surface area contributed by atoms with Gasteiger partial charge >= 0.3 is 0 Å². The number of thiophene rings is 1. The summed E-state index contributed by atoms with van der Waals surface area (Å²) in [4.78, 5) is 15.6. The van der Waals surface area contributed by atoms with Crippen molar-refractivity contribution in [1.29, 1.82) is 0 Å². The molecule has 0 N–H and O–H groups in total. The third-order valence-electron chi connectivity index (χ3n) is 10.9. The van der Waals surface area contributed by atoms with E-state index in [2.05, 4.69) is 176 Å². The quantitative estimate of drug-likeness (QED) is 0.159. The van der Waals surface area contributed by atoms with E-state index in [0.29, 0.717) is 5.82 Å². The number of benzene rings is 8. The predicted molar refractivity (Wildman–Crippen MR) is 240 cm³/mol. The van der Waals surface area contributed by atoms with E-state index in [0.717, 1.165) is 61.5 Å². The molecule has 0 aliphatic heterocycles. The molecule has 3 nitrogen and oxygen atoms in total. The molecule has 0 unspecified atom stereocenters. The maximum absolute atomic E-state index is 5.44. The van der Waals surface area contributed by atoms with E-state index in [9.17, 15) is 0 Å². The molecule has 0 atom stereocenters. The highest BCUT2D eigenvalue weighted by Gasteiger charge is 2.18. The summed E-state index contributed by atoms with van der Waals surface area (Å²) in [6, 6.07) is 70.7. The Balaban J connectivity index is 0.970. The average molecular weight is 744 g/mol. The first-order valence-corrected chi connectivity index (χ1v) is 20.0. The van der Waals surface area contributed by atoms with E-state index >= 15 is 0 Å². The molecule has 0 aliphatic rings. The van der Waals surface area contributed by atoms with Gasteiger partial charge in [-0.25, -0.2) is 15.0 Å². The van der Waals surface area contributed by atoms with Crippen LogP contribution in [0.4, 0.5) is 0 Å². The Morgan fingerprint density at radius 3 is 1.65 bits per heavy atom. The number of rotatable bonds is 6. The summed E-state index contributed by atoms with van der Waals surface area (Å²) in [5.74, 6) is 0.704. The van der Waals surface area contributed by atoms with Gasteiger partial charge in [0.25, 0.3) is 0 Å². The zero-order chi connectivity index (χ0) is 37.7. The van der Waals surface area contributed by atoms with Crippen molar-refractivity contribution in [2.24, 2.45) is 0 Å². The average Bonchev–Trinajstić information content (AvgIpc) is 3.69. The van der Waals surface area contributed by atoms with Gasteiger partial charge in [-0.3, -0.25) is 0 Å². The van der Waals surface area contributed by atoms with Gasteiger partial charge < -0.3 is 0 Å². The van der Waals surface area contributed by atoms with Gasteiger partial charge in [-0.2, -0.15) is 0 Å². The molecule has 0 radical (unpaired) electrons. The first kappa shape index (κ1) is 33.1. The fourth-order valence-corrected chi connectivity index (χ4v) is 9.24. The van der Waals surface area contributed by atoms with Crippen LogP contribution in [0.25, 0.3) is 109 Å². The molecule has 0 saturated carbocycles. The minimum Gasteiger partial charge on any atom is -0.246 e. The summed E-state index contributed by atoms with van der Waals surface area (Å²) >= 11 is 1.86. The molecule has 0 amide bonds. The fourth-order valence-electron chi connectivity index (χ4n) is 8.01. The summed E-state index contributed by atoms with van der Waals surface area (Å²) in [5.41, 5.74) is 12.6. The zero-order valence-electron chi connectivity index (χ0n) is 30.8. The second kappa shape index (κ2) is 13.8. The Hall–Kier alpha value is -7.27. The summed E-state index contributed by atoms with van der Waals surface area (Å²) < 4.78 is 2.56. The molecule has 11 aromatic rings. The maximum Gasteiger partial charge on any atom is 0.160 e. The molecule has 0 aliphatic carbocycles. The summed E-state index contributed by atoms with van der Waals surface area (Å²) in [7, 11) is 0. The molecule has 3 heterocycles. The molecular weight excluding hydrogens is 711 g/mol. The molecule has 11 rings (SSSR count). The Morgan fingerprint density at radius 1 is 0.333 bits per heavy atom. The number of pyridine rings is 1. The number of hydrogen-bond donors (Lipinski definition) is 0. The molecule has 0 saturated heterocycles. The maximum atomic E-state index is 5.44. The molecular formula is C53H33N3S. The normalized spacial score (nSPS) is 11.5. The third kappa shape index (κ3) is 5.95. The molecule has 57 heavy (non-hydrogen) atoms. The van der Waals surface area contributed by atoms with E-state index in [1.165, 1.54) is 41.9 Å². The van der Waals surface area contributed by atoms with Gasteiger partial charge in [0.1, 0.15) is 0 Å². The van der Waals surface area contributed by atoms with E-state index in [1.807, 2.05) is 35.6 Å². The zero-order valence-corrected chi connectivity index (χ0v) is 31.6. The number of nitrogens with zero attached hydrogens (tertiary/aromatic N) is 3. The van der Waals surface area contributed by atoms with Gasteiger partial charge in [0.05, 0.1) is 22.6 Å². The minimum absolute atomic E-state index is 0.704. The van der Waals surface area contributed by atoms with Gasteiger partial charge in [-0.05, 0) is 45.8 Å². The van der Waals surface area contributed by atoms with Crippen LogP contribution in [0, 0.1) is 0 Å². The van der Waals surface area contributed by atoms with Crippen LogP contribution < -0.4 is 0 Å². The fraction of sp³-hybridized carbons (Fsp3) is 0. The standard InChI is InChI=1S/C53H33N3S/c1-3-12-34(13-4-1)41-17-11-18-42(32-41)47-33-46(54-53(55-47)40-15-5-2-6-16-40)38-26-22-35(23-27-38)36-24-28-39(29-25-36)50-49-44-20-9-10-21-48(44)57-52(49)45-31-30-37-14-7-8-19-43(37)51(45)56-50/h1-33H. The van der Waals surface area contributed by atoms with E-state index in [-0.39, 0.29) is 0 Å². The minimum atomic E-state index is 0.704. The van der Waals surface area contributed by atoms with Gasteiger partial charge in [-0.15, -0.1) is 11.3 Å². The second-order valence-electron chi connectivity index (χ2n) is 14.4. The van der Waals surface area contributed by atoms with Crippen LogP contribution in [-0.4, -0.2) is 15.0 Å². The third-order valence-corrected chi connectivity index (χ3v) is 12.1. The summed E-state index contributed by atoms with van der Waals surface area (Å²) in [6.07, 6.45) is 0. The van der Waals surface area contributed by atoms with Crippen molar-refractivity contribution < 1.29 is 0 Å². The van der Waals surface area contributed by atoms with E-state index in [1.54, 1.807) is 0 Å². The van der Waals surface area contributed by atoms with Gasteiger partial charge in [0, 0.05) is 53.2 Å². The van der Waals surface area contributed by atoms with Crippen molar-refractivity contribution in [3.8, 4) is 67.4 Å². The largest absolute Gasteiger partial charge is 0.246 e. The lowest BCUT2D eigenvalue weighted by Gasteiger charge is -2.12. The molecule has 3 aromatic heterocycles. The van der Waals surface area contributed by atoms with E-state index < -0.39 is 0 Å². The summed E-state index contributed by atoms with van der Waals surface area (Å²) in [6.45, 7) is 0. The van der Waals surface area contributed by atoms with Gasteiger partial charge in [0.15, 0.2) is 5.82 Å². The number of aromatic nitrogens is 3. The molecule has 0 fully saturated rings. The first-order chi connectivity index (χ1) is 28.2.